The summed E-state index contributed by atoms with van der Waals surface area (Å²) in [5, 5.41) is 13.3. The molecule has 6 heteroatoms. The van der Waals surface area contributed by atoms with Gasteiger partial charge in [0.05, 0.1) is 19.1 Å². The van der Waals surface area contributed by atoms with Gasteiger partial charge in [-0.2, -0.15) is 4.98 Å². The maximum absolute atomic E-state index is 9.47. The van der Waals surface area contributed by atoms with Crippen LogP contribution in [-0.2, 0) is 17.6 Å². The van der Waals surface area contributed by atoms with Crippen molar-refractivity contribution < 1.29 is 14.4 Å². The normalized spacial score (nSPS) is 13.3. The minimum Gasteiger partial charge on any atom is -0.390 e. The van der Waals surface area contributed by atoms with Crippen LogP contribution in [-0.4, -0.2) is 60.6 Å². The van der Waals surface area contributed by atoms with E-state index in [2.05, 4.69) is 15.0 Å². The van der Waals surface area contributed by atoms with Gasteiger partial charge in [0, 0.05) is 20.1 Å². The first-order valence-electron chi connectivity index (χ1n) is 5.25. The van der Waals surface area contributed by atoms with E-state index in [4.69, 9.17) is 9.26 Å². The summed E-state index contributed by atoms with van der Waals surface area (Å²) < 4.78 is 9.83. The number of likely N-dealkylation sites (N-methyl/N-ethyl adjacent to an activating group) is 1. The molecule has 1 unspecified atom stereocenters. The van der Waals surface area contributed by atoms with Crippen LogP contribution in [0.2, 0.25) is 0 Å². The summed E-state index contributed by atoms with van der Waals surface area (Å²) in [6.07, 6.45) is 0.492. The standard InChI is InChI=1S/C10H19N3O3/c1-13(2)5-4-9-11-10(16-12-9)6-8(14)7-15-3/h8,14H,4-7H2,1-3H3. The zero-order chi connectivity index (χ0) is 12.0. The molecule has 0 fully saturated rings. The molecule has 6 nitrogen and oxygen atoms in total. The van der Waals surface area contributed by atoms with Crippen LogP contribution in [0, 0.1) is 0 Å². The van der Waals surface area contributed by atoms with Crippen LogP contribution >= 0.6 is 0 Å². The Morgan fingerprint density at radius 3 is 2.88 bits per heavy atom. The third-order valence-corrected chi connectivity index (χ3v) is 2.06. The number of hydrogen-bond donors (Lipinski definition) is 1. The van der Waals surface area contributed by atoms with Gasteiger partial charge in [-0.15, -0.1) is 0 Å². The van der Waals surface area contributed by atoms with Gasteiger partial charge in [0.1, 0.15) is 0 Å². The van der Waals surface area contributed by atoms with Crippen LogP contribution in [0.1, 0.15) is 11.7 Å². The number of nitrogens with zero attached hydrogens (tertiary/aromatic N) is 3. The average Bonchev–Trinajstić information content (AvgIpc) is 2.63. The van der Waals surface area contributed by atoms with Crippen LogP contribution in [0.15, 0.2) is 4.52 Å². The monoisotopic (exact) mass is 229 g/mol. The Bertz CT molecular complexity index is 301. The van der Waals surface area contributed by atoms with E-state index in [1.165, 1.54) is 0 Å². The highest BCUT2D eigenvalue weighted by Gasteiger charge is 2.11. The third-order valence-electron chi connectivity index (χ3n) is 2.06. The molecule has 0 aromatic carbocycles. The highest BCUT2D eigenvalue weighted by atomic mass is 16.5. The first-order valence-corrected chi connectivity index (χ1v) is 5.25. The van der Waals surface area contributed by atoms with E-state index in [1.807, 2.05) is 14.1 Å². The van der Waals surface area contributed by atoms with Crippen LogP contribution in [0.4, 0.5) is 0 Å². The summed E-state index contributed by atoms with van der Waals surface area (Å²) in [6, 6.07) is 0. The van der Waals surface area contributed by atoms with Crippen molar-refractivity contribution in [1.29, 1.82) is 0 Å². The number of aromatic nitrogens is 2. The van der Waals surface area contributed by atoms with Crippen molar-refractivity contribution in [3.05, 3.63) is 11.7 Å². The Hall–Kier alpha value is -0.980. The molecule has 0 amide bonds. The highest BCUT2D eigenvalue weighted by molar-refractivity contribution is 4.88. The number of aliphatic hydroxyl groups excluding tert-OH is 1. The number of ether oxygens (including phenoxy) is 1. The summed E-state index contributed by atoms with van der Waals surface area (Å²) >= 11 is 0. The molecular weight excluding hydrogens is 210 g/mol. The molecule has 0 saturated heterocycles. The van der Waals surface area contributed by atoms with Gasteiger partial charge in [0.2, 0.25) is 5.89 Å². The maximum atomic E-state index is 9.47. The topological polar surface area (TPSA) is 71.6 Å². The summed E-state index contributed by atoms with van der Waals surface area (Å²) in [7, 11) is 5.52. The van der Waals surface area contributed by atoms with Gasteiger partial charge >= 0.3 is 0 Å². The molecule has 16 heavy (non-hydrogen) atoms. The van der Waals surface area contributed by atoms with Crippen molar-refractivity contribution in [2.24, 2.45) is 0 Å². The summed E-state index contributed by atoms with van der Waals surface area (Å²) in [5.41, 5.74) is 0. The lowest BCUT2D eigenvalue weighted by Crippen LogP contribution is -2.17. The fourth-order valence-corrected chi connectivity index (χ4v) is 1.25. The predicted octanol–water partition coefficient (Wildman–Crippen LogP) is -0.276. The van der Waals surface area contributed by atoms with Crippen LogP contribution in [0.25, 0.3) is 0 Å². The average molecular weight is 229 g/mol. The SMILES string of the molecule is COCC(O)Cc1nc(CCN(C)C)no1. The van der Waals surface area contributed by atoms with Crippen LogP contribution in [0.3, 0.4) is 0 Å². The minimum atomic E-state index is -0.591. The Morgan fingerprint density at radius 2 is 2.25 bits per heavy atom. The molecule has 0 spiro atoms. The Balaban J connectivity index is 2.39. The molecule has 1 N–H and O–H groups in total. The smallest absolute Gasteiger partial charge is 0.229 e. The van der Waals surface area contributed by atoms with Gasteiger partial charge in [-0.1, -0.05) is 5.16 Å². The van der Waals surface area contributed by atoms with Crippen molar-refractivity contribution in [3.63, 3.8) is 0 Å². The summed E-state index contributed by atoms with van der Waals surface area (Å²) in [6.45, 7) is 1.15. The molecule has 1 heterocycles. The minimum absolute atomic E-state index is 0.273. The van der Waals surface area contributed by atoms with Gasteiger partial charge in [-0.3, -0.25) is 0 Å². The third kappa shape index (κ3) is 4.69. The van der Waals surface area contributed by atoms with Crippen molar-refractivity contribution in [3.8, 4) is 0 Å². The number of rotatable bonds is 7. The van der Waals surface area contributed by atoms with Gasteiger partial charge in [-0.05, 0) is 14.1 Å². The summed E-state index contributed by atoms with van der Waals surface area (Å²) in [5.74, 6) is 1.13. The van der Waals surface area contributed by atoms with Gasteiger partial charge in [0.15, 0.2) is 5.82 Å². The molecule has 1 aromatic heterocycles. The van der Waals surface area contributed by atoms with E-state index >= 15 is 0 Å². The highest BCUT2D eigenvalue weighted by Crippen LogP contribution is 2.02. The maximum Gasteiger partial charge on any atom is 0.229 e. The van der Waals surface area contributed by atoms with E-state index in [1.54, 1.807) is 7.11 Å². The summed E-state index contributed by atoms with van der Waals surface area (Å²) in [4.78, 5) is 6.24. The van der Waals surface area contributed by atoms with Gasteiger partial charge < -0.3 is 19.3 Å². The quantitative estimate of drug-likeness (QED) is 0.693. The lowest BCUT2D eigenvalue weighted by atomic mass is 10.3. The molecule has 92 valence electrons. The van der Waals surface area contributed by atoms with Crippen molar-refractivity contribution in [1.82, 2.24) is 15.0 Å². The van der Waals surface area contributed by atoms with Crippen molar-refractivity contribution in [2.75, 3.05) is 34.4 Å². The van der Waals surface area contributed by atoms with Crippen molar-refractivity contribution >= 4 is 0 Å². The predicted molar refractivity (Wildman–Crippen MR) is 58.1 cm³/mol. The van der Waals surface area contributed by atoms with Gasteiger partial charge in [-0.25, -0.2) is 0 Å². The first kappa shape index (κ1) is 13.1. The number of methoxy groups -OCH3 is 1. The van der Waals surface area contributed by atoms with Crippen molar-refractivity contribution in [2.45, 2.75) is 18.9 Å². The molecule has 0 aliphatic rings. The Labute approximate surface area is 95.2 Å². The van der Waals surface area contributed by atoms with Gasteiger partial charge in [0.25, 0.3) is 0 Å². The zero-order valence-corrected chi connectivity index (χ0v) is 10.0. The number of aliphatic hydroxyl groups is 1. The fourth-order valence-electron chi connectivity index (χ4n) is 1.25. The fraction of sp³-hybridized carbons (Fsp3) is 0.800. The molecule has 1 rings (SSSR count). The molecule has 0 radical (unpaired) electrons. The lowest BCUT2D eigenvalue weighted by molar-refractivity contribution is 0.0599. The van der Waals surface area contributed by atoms with E-state index in [0.29, 0.717) is 18.1 Å². The van der Waals surface area contributed by atoms with E-state index in [0.717, 1.165) is 13.0 Å². The second kappa shape index (κ2) is 6.57. The largest absolute Gasteiger partial charge is 0.390 e. The Morgan fingerprint density at radius 1 is 1.50 bits per heavy atom. The second-order valence-corrected chi connectivity index (χ2v) is 3.97. The van der Waals surface area contributed by atoms with E-state index in [-0.39, 0.29) is 6.61 Å². The zero-order valence-electron chi connectivity index (χ0n) is 10.0. The molecule has 0 aliphatic heterocycles. The molecule has 0 aliphatic carbocycles. The second-order valence-electron chi connectivity index (χ2n) is 3.97. The molecule has 0 bridgehead atoms. The van der Waals surface area contributed by atoms with E-state index in [9.17, 15) is 5.11 Å². The van der Waals surface area contributed by atoms with E-state index < -0.39 is 6.10 Å². The molecule has 1 aromatic rings. The van der Waals surface area contributed by atoms with Crippen LogP contribution in [0.5, 0.6) is 0 Å². The number of hydrogen-bond acceptors (Lipinski definition) is 6. The molecule has 1 atom stereocenters. The molecule has 0 saturated carbocycles. The molecular formula is C10H19N3O3. The first-order chi connectivity index (χ1) is 7.61. The Kier molecular flexibility index (Phi) is 5.37. The lowest BCUT2D eigenvalue weighted by Gasteiger charge is -2.05. The van der Waals surface area contributed by atoms with Crippen LogP contribution < -0.4 is 0 Å².